The minimum atomic E-state index is -0.897. The van der Waals surface area contributed by atoms with E-state index in [1.54, 1.807) is 13.8 Å². The standard InChI is InChI=1S/C11H17N3O5S/c1-11(2,6-15)13-9(18)8(17)12-3-4-14-7(16)5-20-10(14)19/h15H,3-6H2,1-2H3,(H,12,17)(H,13,18). The maximum atomic E-state index is 11.5. The Bertz CT molecular complexity index is 422. The lowest BCUT2D eigenvalue weighted by Gasteiger charge is -2.23. The molecule has 3 N–H and O–H groups in total. The van der Waals surface area contributed by atoms with Gasteiger partial charge in [-0.05, 0) is 13.8 Å². The number of thioether (sulfide) groups is 1. The summed E-state index contributed by atoms with van der Waals surface area (Å²) in [6.45, 7) is 2.87. The largest absolute Gasteiger partial charge is 0.394 e. The molecule has 0 bridgehead atoms. The molecule has 0 aliphatic carbocycles. The van der Waals surface area contributed by atoms with E-state index in [0.717, 1.165) is 16.7 Å². The van der Waals surface area contributed by atoms with E-state index in [9.17, 15) is 19.2 Å². The van der Waals surface area contributed by atoms with Gasteiger partial charge in [0.05, 0.1) is 17.9 Å². The molecule has 1 heterocycles. The lowest BCUT2D eigenvalue weighted by molar-refractivity contribution is -0.140. The van der Waals surface area contributed by atoms with Crippen LogP contribution < -0.4 is 10.6 Å². The van der Waals surface area contributed by atoms with Crippen LogP contribution in [-0.2, 0) is 14.4 Å². The van der Waals surface area contributed by atoms with Gasteiger partial charge in [0.15, 0.2) is 0 Å². The van der Waals surface area contributed by atoms with E-state index < -0.39 is 17.4 Å². The summed E-state index contributed by atoms with van der Waals surface area (Å²) in [6, 6.07) is 0. The van der Waals surface area contributed by atoms with Gasteiger partial charge in [0.25, 0.3) is 5.24 Å². The van der Waals surface area contributed by atoms with Gasteiger partial charge in [0.2, 0.25) is 5.91 Å². The summed E-state index contributed by atoms with van der Waals surface area (Å²) in [6.07, 6.45) is 0. The van der Waals surface area contributed by atoms with Crippen molar-refractivity contribution in [1.82, 2.24) is 15.5 Å². The molecule has 9 heteroatoms. The first-order valence-electron chi connectivity index (χ1n) is 5.95. The molecular formula is C11H17N3O5S. The molecule has 1 aliphatic rings. The van der Waals surface area contributed by atoms with Gasteiger partial charge in [-0.15, -0.1) is 0 Å². The summed E-state index contributed by atoms with van der Waals surface area (Å²) in [5.74, 6) is -1.95. The molecule has 4 amide bonds. The van der Waals surface area contributed by atoms with E-state index in [1.165, 1.54) is 0 Å². The van der Waals surface area contributed by atoms with Crippen LogP contribution in [0.2, 0.25) is 0 Å². The third-order valence-corrected chi connectivity index (χ3v) is 3.37. The van der Waals surface area contributed by atoms with Crippen molar-refractivity contribution in [3.05, 3.63) is 0 Å². The number of carbonyl (C=O) groups excluding carboxylic acids is 4. The van der Waals surface area contributed by atoms with E-state index in [-0.39, 0.29) is 36.6 Å². The summed E-state index contributed by atoms with van der Waals surface area (Å²) in [5.41, 5.74) is -0.897. The highest BCUT2D eigenvalue weighted by atomic mass is 32.2. The Morgan fingerprint density at radius 2 is 2.00 bits per heavy atom. The van der Waals surface area contributed by atoms with Crippen molar-refractivity contribution in [1.29, 1.82) is 0 Å². The number of aliphatic hydroxyl groups excluding tert-OH is 1. The predicted octanol–water partition coefficient (Wildman–Crippen LogP) is -1.31. The number of imide groups is 1. The summed E-state index contributed by atoms with van der Waals surface area (Å²) in [4.78, 5) is 46.5. The predicted molar refractivity (Wildman–Crippen MR) is 71.9 cm³/mol. The van der Waals surface area contributed by atoms with Crippen LogP contribution in [0.1, 0.15) is 13.8 Å². The SMILES string of the molecule is CC(C)(CO)NC(=O)C(=O)NCCN1C(=O)CSC1=O. The van der Waals surface area contributed by atoms with Gasteiger partial charge in [-0.2, -0.15) is 0 Å². The molecule has 20 heavy (non-hydrogen) atoms. The number of amides is 4. The van der Waals surface area contributed by atoms with E-state index in [0.29, 0.717) is 0 Å². The Labute approximate surface area is 120 Å². The van der Waals surface area contributed by atoms with E-state index in [1.807, 2.05) is 0 Å². The van der Waals surface area contributed by atoms with Gasteiger partial charge in [0.1, 0.15) is 0 Å². The highest BCUT2D eigenvalue weighted by molar-refractivity contribution is 8.14. The molecular weight excluding hydrogens is 286 g/mol. The first-order valence-corrected chi connectivity index (χ1v) is 6.94. The Balaban J connectivity index is 2.35. The molecule has 0 unspecified atom stereocenters. The number of rotatable bonds is 5. The quantitative estimate of drug-likeness (QED) is 0.543. The zero-order valence-electron chi connectivity index (χ0n) is 11.3. The van der Waals surface area contributed by atoms with Crippen molar-refractivity contribution in [3.8, 4) is 0 Å². The summed E-state index contributed by atoms with van der Waals surface area (Å²) < 4.78 is 0. The van der Waals surface area contributed by atoms with Crippen molar-refractivity contribution in [2.45, 2.75) is 19.4 Å². The number of aliphatic hydroxyl groups is 1. The fraction of sp³-hybridized carbons (Fsp3) is 0.636. The first-order chi connectivity index (χ1) is 9.26. The molecule has 8 nitrogen and oxygen atoms in total. The first kappa shape index (κ1) is 16.4. The van der Waals surface area contributed by atoms with Crippen LogP contribution in [0.3, 0.4) is 0 Å². The Morgan fingerprint density at radius 3 is 2.50 bits per heavy atom. The molecule has 0 saturated carbocycles. The molecule has 112 valence electrons. The lowest BCUT2D eigenvalue weighted by Crippen LogP contribution is -2.52. The van der Waals surface area contributed by atoms with E-state index >= 15 is 0 Å². The van der Waals surface area contributed by atoms with E-state index in [2.05, 4.69) is 10.6 Å². The van der Waals surface area contributed by atoms with Gasteiger partial charge >= 0.3 is 11.8 Å². The van der Waals surface area contributed by atoms with Crippen LogP contribution in [0.5, 0.6) is 0 Å². The second-order valence-electron chi connectivity index (χ2n) is 4.85. The van der Waals surface area contributed by atoms with Gasteiger partial charge < -0.3 is 15.7 Å². The number of hydrogen-bond donors (Lipinski definition) is 3. The average Bonchev–Trinajstić information content (AvgIpc) is 2.69. The average molecular weight is 303 g/mol. The summed E-state index contributed by atoms with van der Waals surface area (Å²) in [7, 11) is 0. The molecule has 1 fully saturated rings. The van der Waals surface area contributed by atoms with Crippen LogP contribution in [0.25, 0.3) is 0 Å². The molecule has 1 rings (SSSR count). The normalized spacial score (nSPS) is 15.4. The zero-order chi connectivity index (χ0) is 15.3. The van der Waals surface area contributed by atoms with Crippen LogP contribution in [0.4, 0.5) is 4.79 Å². The Hall–Kier alpha value is -1.61. The molecule has 1 saturated heterocycles. The third kappa shape index (κ3) is 4.49. The number of nitrogens with one attached hydrogen (secondary N) is 2. The van der Waals surface area contributed by atoms with Gasteiger partial charge in [-0.25, -0.2) is 0 Å². The van der Waals surface area contributed by atoms with Crippen LogP contribution >= 0.6 is 11.8 Å². The highest BCUT2D eigenvalue weighted by Gasteiger charge is 2.29. The second kappa shape index (κ2) is 6.71. The lowest BCUT2D eigenvalue weighted by atomic mass is 10.1. The molecule has 1 aliphatic heterocycles. The van der Waals surface area contributed by atoms with Gasteiger partial charge in [0, 0.05) is 13.1 Å². The number of nitrogens with zero attached hydrogens (tertiary/aromatic N) is 1. The van der Waals surface area contributed by atoms with Gasteiger partial charge in [-0.1, -0.05) is 11.8 Å². The number of carbonyl (C=O) groups is 4. The second-order valence-corrected chi connectivity index (χ2v) is 5.78. The summed E-state index contributed by atoms with van der Waals surface area (Å²) in [5, 5.41) is 13.3. The minimum absolute atomic E-state index is 0.00382. The fourth-order valence-electron chi connectivity index (χ4n) is 1.36. The molecule has 0 aromatic carbocycles. The van der Waals surface area contributed by atoms with Crippen LogP contribution in [-0.4, -0.2) is 64.0 Å². The maximum Gasteiger partial charge on any atom is 0.309 e. The molecule has 0 radical (unpaired) electrons. The van der Waals surface area contributed by atoms with Crippen LogP contribution in [0, 0.1) is 0 Å². The maximum absolute atomic E-state index is 11.5. The number of hydrogen-bond acceptors (Lipinski definition) is 6. The van der Waals surface area contributed by atoms with Gasteiger partial charge in [-0.3, -0.25) is 24.1 Å². The molecule has 0 spiro atoms. The van der Waals surface area contributed by atoms with Crippen molar-refractivity contribution >= 4 is 34.7 Å². The van der Waals surface area contributed by atoms with Crippen LogP contribution in [0.15, 0.2) is 0 Å². The monoisotopic (exact) mass is 303 g/mol. The Kier molecular flexibility index (Phi) is 5.52. The molecule has 0 aromatic heterocycles. The topological polar surface area (TPSA) is 116 Å². The fourth-order valence-corrected chi connectivity index (χ4v) is 2.11. The zero-order valence-corrected chi connectivity index (χ0v) is 12.1. The van der Waals surface area contributed by atoms with Crippen molar-refractivity contribution < 1.29 is 24.3 Å². The third-order valence-electron chi connectivity index (χ3n) is 2.51. The smallest absolute Gasteiger partial charge is 0.309 e. The highest BCUT2D eigenvalue weighted by Crippen LogP contribution is 2.17. The minimum Gasteiger partial charge on any atom is -0.394 e. The molecule has 0 aromatic rings. The summed E-state index contributed by atoms with van der Waals surface area (Å²) >= 11 is 0.907. The Morgan fingerprint density at radius 1 is 1.35 bits per heavy atom. The molecule has 0 atom stereocenters. The van der Waals surface area contributed by atoms with Crippen molar-refractivity contribution in [2.24, 2.45) is 0 Å². The van der Waals surface area contributed by atoms with E-state index in [4.69, 9.17) is 5.11 Å². The van der Waals surface area contributed by atoms with Crippen molar-refractivity contribution in [3.63, 3.8) is 0 Å². The van der Waals surface area contributed by atoms with Crippen molar-refractivity contribution in [2.75, 3.05) is 25.4 Å².